The number of nitrogens with two attached hydrogens (primary N) is 1. The fourth-order valence-electron chi connectivity index (χ4n) is 4.05. The van der Waals surface area contributed by atoms with E-state index < -0.39 is 6.17 Å². The fraction of sp³-hybridized carbons (Fsp3) is 0.240. The van der Waals surface area contributed by atoms with Gasteiger partial charge >= 0.3 is 6.01 Å². The minimum absolute atomic E-state index is 0.0185. The van der Waals surface area contributed by atoms with Crippen LogP contribution in [0, 0.1) is 0 Å². The Hall–Kier alpha value is -4.51. The zero-order chi connectivity index (χ0) is 24.9. The summed E-state index contributed by atoms with van der Waals surface area (Å²) in [6, 6.07) is 17.2. The average molecular weight is 487 g/mol. The standard InChI is InChI=1S/C25H26N8O3/c1-27-15-19(33-11-13-35-14-12-33)20(26)24-31-32-25(36-24)30-22-23(34)28-18-10-6-5-9-17(18)21(29-22)16-7-3-2-4-8-16/h2-10,15,22H,11-14,26H2,1H3,(H,28,34)(H,30,32)/t22-/m1/s1. The summed E-state index contributed by atoms with van der Waals surface area (Å²) in [6.07, 6.45) is 0.645. The smallest absolute Gasteiger partial charge is 0.317 e. The van der Waals surface area contributed by atoms with Gasteiger partial charge in [-0.15, -0.1) is 5.10 Å². The number of hydrogen-bond acceptors (Lipinski definition) is 10. The number of hydrogen-bond donors (Lipinski definition) is 3. The highest BCUT2D eigenvalue weighted by Gasteiger charge is 2.27. The van der Waals surface area contributed by atoms with E-state index in [1.165, 1.54) is 0 Å². The number of aliphatic imine (C=N–C) groups is 2. The third-order valence-electron chi connectivity index (χ3n) is 5.79. The molecule has 1 atom stereocenters. The van der Waals surface area contributed by atoms with E-state index in [0.717, 1.165) is 11.1 Å². The number of amides is 1. The van der Waals surface area contributed by atoms with Crippen molar-refractivity contribution in [1.82, 2.24) is 15.1 Å². The summed E-state index contributed by atoms with van der Waals surface area (Å²) in [7, 11) is 1.67. The first kappa shape index (κ1) is 23.2. The van der Waals surface area contributed by atoms with E-state index in [1.54, 1.807) is 13.3 Å². The number of nitrogens with zero attached hydrogens (tertiary/aromatic N) is 5. The van der Waals surface area contributed by atoms with Crippen molar-refractivity contribution in [3.8, 4) is 0 Å². The van der Waals surface area contributed by atoms with Crippen LogP contribution in [0.2, 0.25) is 0 Å². The first-order valence-electron chi connectivity index (χ1n) is 11.5. The minimum Gasteiger partial charge on any atom is -0.402 e. The SMILES string of the molecule is CN=CC(=C(N)c1nnc(N[C@H]2N=C(c3ccccc3)c3ccccc3NC2=O)o1)N1CCOCC1. The van der Waals surface area contributed by atoms with E-state index in [4.69, 9.17) is 19.9 Å². The predicted molar refractivity (Wildman–Crippen MR) is 137 cm³/mol. The lowest BCUT2D eigenvalue weighted by atomic mass is 10.0. The first-order chi connectivity index (χ1) is 17.6. The Bertz CT molecular complexity index is 1330. The lowest BCUT2D eigenvalue weighted by Gasteiger charge is -2.29. The molecule has 4 N–H and O–H groups in total. The summed E-state index contributed by atoms with van der Waals surface area (Å²) in [4.78, 5) is 24.0. The lowest BCUT2D eigenvalue weighted by Crippen LogP contribution is -2.37. The van der Waals surface area contributed by atoms with Crippen LogP contribution < -0.4 is 16.4 Å². The lowest BCUT2D eigenvalue weighted by molar-refractivity contribution is -0.116. The second-order valence-electron chi connectivity index (χ2n) is 8.12. The molecule has 1 saturated heterocycles. The van der Waals surface area contributed by atoms with Crippen LogP contribution in [0.4, 0.5) is 11.7 Å². The second kappa shape index (κ2) is 10.4. The van der Waals surface area contributed by atoms with Crippen LogP contribution in [0.1, 0.15) is 17.0 Å². The highest BCUT2D eigenvalue weighted by atomic mass is 16.5. The van der Waals surface area contributed by atoms with Crippen LogP contribution in [0.5, 0.6) is 0 Å². The topological polar surface area (TPSA) is 143 Å². The number of nitrogens with one attached hydrogen (secondary N) is 2. The molecule has 0 unspecified atom stereocenters. The van der Waals surface area contributed by atoms with Gasteiger partial charge in [0, 0.05) is 37.5 Å². The van der Waals surface area contributed by atoms with Crippen molar-refractivity contribution in [1.29, 1.82) is 0 Å². The maximum Gasteiger partial charge on any atom is 0.317 e. The van der Waals surface area contributed by atoms with Crippen LogP contribution in [-0.4, -0.2) is 72.4 Å². The Labute approximate surface area is 207 Å². The van der Waals surface area contributed by atoms with Crippen LogP contribution >= 0.6 is 0 Å². The van der Waals surface area contributed by atoms with E-state index in [2.05, 4.69) is 30.7 Å². The molecule has 11 nitrogen and oxygen atoms in total. The molecule has 2 aromatic carbocycles. The van der Waals surface area contributed by atoms with Crippen molar-refractivity contribution in [3.63, 3.8) is 0 Å². The number of fused-ring (bicyclic) bond motifs is 1. The molecule has 36 heavy (non-hydrogen) atoms. The quantitative estimate of drug-likeness (QED) is 0.449. The van der Waals surface area contributed by atoms with Crippen molar-refractivity contribution in [2.24, 2.45) is 15.7 Å². The van der Waals surface area contributed by atoms with Crippen molar-refractivity contribution in [2.75, 3.05) is 44.0 Å². The van der Waals surface area contributed by atoms with Gasteiger partial charge in [0.25, 0.3) is 11.8 Å². The monoisotopic (exact) mass is 486 g/mol. The molecular weight excluding hydrogens is 460 g/mol. The molecule has 0 radical (unpaired) electrons. The molecule has 1 amide bonds. The number of anilines is 2. The van der Waals surface area contributed by atoms with Crippen molar-refractivity contribution < 1.29 is 13.9 Å². The van der Waals surface area contributed by atoms with Gasteiger partial charge in [0.2, 0.25) is 6.17 Å². The Morgan fingerprint density at radius 3 is 2.67 bits per heavy atom. The molecule has 2 aliphatic heterocycles. The Balaban J connectivity index is 1.45. The normalized spacial score (nSPS) is 18.7. The molecule has 0 saturated carbocycles. The van der Waals surface area contributed by atoms with E-state index >= 15 is 0 Å². The van der Waals surface area contributed by atoms with Crippen LogP contribution in [0.25, 0.3) is 5.70 Å². The van der Waals surface area contributed by atoms with Crippen molar-refractivity contribution in [2.45, 2.75) is 6.17 Å². The Morgan fingerprint density at radius 1 is 1.14 bits per heavy atom. The molecule has 0 spiro atoms. The van der Waals surface area contributed by atoms with E-state index in [-0.39, 0.29) is 23.5 Å². The van der Waals surface area contributed by atoms with Gasteiger partial charge in [-0.3, -0.25) is 9.79 Å². The largest absolute Gasteiger partial charge is 0.402 e. The molecule has 184 valence electrons. The van der Waals surface area contributed by atoms with Gasteiger partial charge in [0.05, 0.1) is 30.3 Å². The molecule has 11 heteroatoms. The van der Waals surface area contributed by atoms with Crippen LogP contribution in [-0.2, 0) is 9.53 Å². The fourth-order valence-corrected chi connectivity index (χ4v) is 4.05. The van der Waals surface area contributed by atoms with Gasteiger partial charge in [-0.2, -0.15) is 0 Å². The molecular formula is C25H26N8O3. The van der Waals surface area contributed by atoms with Crippen molar-refractivity contribution >= 4 is 35.2 Å². The molecule has 0 bridgehead atoms. The van der Waals surface area contributed by atoms with Gasteiger partial charge < -0.3 is 30.4 Å². The molecule has 0 aliphatic carbocycles. The number of allylic oxidation sites excluding steroid dienone is 1. The number of ether oxygens (including phenoxy) is 1. The maximum atomic E-state index is 13.1. The summed E-state index contributed by atoms with van der Waals surface area (Å²) >= 11 is 0. The number of rotatable bonds is 6. The Kier molecular flexibility index (Phi) is 6.72. The highest BCUT2D eigenvalue weighted by Crippen LogP contribution is 2.25. The molecule has 3 aromatic rings. The third kappa shape index (κ3) is 4.82. The second-order valence-corrected chi connectivity index (χ2v) is 8.12. The van der Waals surface area contributed by atoms with E-state index in [0.29, 0.717) is 43.4 Å². The molecule has 5 rings (SSSR count). The van der Waals surface area contributed by atoms with Gasteiger partial charge in [0.1, 0.15) is 5.70 Å². The number of aromatic nitrogens is 2. The maximum absolute atomic E-state index is 13.1. The summed E-state index contributed by atoms with van der Waals surface area (Å²) in [5.74, 6) is -0.243. The first-order valence-corrected chi connectivity index (χ1v) is 11.5. The predicted octanol–water partition coefficient (Wildman–Crippen LogP) is 1.96. The average Bonchev–Trinajstić information content (AvgIpc) is 3.34. The number of carbonyl (C=O) groups excluding carboxylic acids is 1. The molecule has 2 aliphatic rings. The van der Waals surface area contributed by atoms with Crippen LogP contribution in [0.3, 0.4) is 0 Å². The zero-order valence-electron chi connectivity index (χ0n) is 19.7. The molecule has 1 aromatic heterocycles. The van der Waals surface area contributed by atoms with Crippen molar-refractivity contribution in [3.05, 3.63) is 77.3 Å². The third-order valence-corrected chi connectivity index (χ3v) is 5.79. The highest BCUT2D eigenvalue weighted by molar-refractivity contribution is 6.19. The van der Waals surface area contributed by atoms with E-state index in [1.807, 2.05) is 54.6 Å². The molecule has 1 fully saturated rings. The number of benzodiazepines with no additional fused rings is 1. The number of morpholine rings is 1. The van der Waals surface area contributed by atoms with Gasteiger partial charge in [-0.25, -0.2) is 4.99 Å². The minimum atomic E-state index is -1.01. The number of benzene rings is 2. The summed E-state index contributed by atoms with van der Waals surface area (Å²) in [5, 5.41) is 14.0. The van der Waals surface area contributed by atoms with Gasteiger partial charge in [-0.05, 0) is 6.07 Å². The number of carbonyl (C=O) groups is 1. The van der Waals surface area contributed by atoms with Gasteiger partial charge in [0.15, 0.2) is 0 Å². The van der Waals surface area contributed by atoms with Gasteiger partial charge in [-0.1, -0.05) is 53.6 Å². The zero-order valence-corrected chi connectivity index (χ0v) is 19.7. The summed E-state index contributed by atoms with van der Waals surface area (Å²) < 4.78 is 11.2. The summed E-state index contributed by atoms with van der Waals surface area (Å²) in [5.41, 5.74) is 10.4. The molecule has 3 heterocycles. The van der Waals surface area contributed by atoms with E-state index in [9.17, 15) is 4.79 Å². The van der Waals surface area contributed by atoms with Crippen LogP contribution in [0.15, 0.2) is 74.7 Å². The Morgan fingerprint density at radius 2 is 1.89 bits per heavy atom. The summed E-state index contributed by atoms with van der Waals surface area (Å²) in [6.45, 7) is 2.51. The number of para-hydroxylation sites is 1.